The van der Waals surface area contributed by atoms with E-state index in [4.69, 9.17) is 0 Å². The van der Waals surface area contributed by atoms with Gasteiger partial charge in [-0.25, -0.2) is 4.68 Å². The minimum atomic E-state index is -0.265. The van der Waals surface area contributed by atoms with Crippen molar-refractivity contribution in [2.45, 2.75) is 32.7 Å². The number of hydrogen-bond donors (Lipinski definition) is 0. The Labute approximate surface area is 152 Å². The minimum Gasteiger partial charge on any atom is -0.340 e. The molecule has 2 aromatic rings. The molecule has 3 heterocycles. The van der Waals surface area contributed by atoms with Crippen LogP contribution in [0.3, 0.4) is 0 Å². The van der Waals surface area contributed by atoms with E-state index in [1.54, 1.807) is 11.1 Å². The molecule has 136 valence electrons. The predicted molar refractivity (Wildman–Crippen MR) is 96.6 cm³/mol. The van der Waals surface area contributed by atoms with E-state index in [0.717, 1.165) is 17.7 Å². The van der Waals surface area contributed by atoms with Crippen LogP contribution in [-0.2, 0) is 9.59 Å². The van der Waals surface area contributed by atoms with Crippen molar-refractivity contribution in [1.82, 2.24) is 19.9 Å². The van der Waals surface area contributed by atoms with Crippen LogP contribution in [0.15, 0.2) is 30.6 Å². The van der Waals surface area contributed by atoms with E-state index in [0.29, 0.717) is 19.6 Å². The lowest BCUT2D eigenvalue weighted by molar-refractivity contribution is -0.134. The van der Waals surface area contributed by atoms with Crippen LogP contribution in [0.25, 0.3) is 0 Å². The summed E-state index contributed by atoms with van der Waals surface area (Å²) in [6.07, 6.45) is 4.65. The number of anilines is 1. The second-order valence-electron chi connectivity index (χ2n) is 7.28. The Kier molecular flexibility index (Phi) is 4.22. The molecule has 1 aromatic heterocycles. The Balaban J connectivity index is 1.43. The fourth-order valence-corrected chi connectivity index (χ4v) is 3.84. The topological polar surface area (TPSA) is 71.3 Å². The van der Waals surface area contributed by atoms with Crippen molar-refractivity contribution in [3.63, 3.8) is 0 Å². The number of amides is 2. The summed E-state index contributed by atoms with van der Waals surface area (Å²) in [7, 11) is 0. The maximum atomic E-state index is 12.9. The molecule has 2 fully saturated rings. The van der Waals surface area contributed by atoms with E-state index in [9.17, 15) is 9.59 Å². The van der Waals surface area contributed by atoms with E-state index in [1.807, 2.05) is 40.9 Å². The van der Waals surface area contributed by atoms with Crippen molar-refractivity contribution < 1.29 is 9.59 Å². The number of benzene rings is 1. The van der Waals surface area contributed by atoms with Crippen molar-refractivity contribution in [3.05, 3.63) is 41.7 Å². The van der Waals surface area contributed by atoms with Gasteiger partial charge in [0.15, 0.2) is 0 Å². The van der Waals surface area contributed by atoms with E-state index in [1.165, 1.54) is 5.56 Å². The molecule has 0 radical (unpaired) electrons. The number of likely N-dealkylation sites (tertiary alicyclic amines) is 1. The van der Waals surface area contributed by atoms with Gasteiger partial charge in [-0.1, -0.05) is 11.3 Å². The van der Waals surface area contributed by atoms with Crippen LogP contribution in [0.1, 0.15) is 30.0 Å². The van der Waals surface area contributed by atoms with Crippen LogP contribution >= 0.6 is 0 Å². The fourth-order valence-electron chi connectivity index (χ4n) is 3.84. The molecule has 4 rings (SSSR count). The molecular weight excluding hydrogens is 330 g/mol. The third-order valence-corrected chi connectivity index (χ3v) is 5.57. The molecule has 2 unspecified atom stereocenters. The summed E-state index contributed by atoms with van der Waals surface area (Å²) in [5.41, 5.74) is 3.24. The molecule has 0 bridgehead atoms. The Bertz CT molecular complexity index is 832. The van der Waals surface area contributed by atoms with Gasteiger partial charge in [0, 0.05) is 37.9 Å². The smallest absolute Gasteiger partial charge is 0.228 e. The Morgan fingerprint density at radius 2 is 2.04 bits per heavy atom. The summed E-state index contributed by atoms with van der Waals surface area (Å²) < 4.78 is 1.81. The summed E-state index contributed by atoms with van der Waals surface area (Å²) in [5, 5.41) is 7.87. The molecule has 0 saturated carbocycles. The van der Waals surface area contributed by atoms with Crippen LogP contribution < -0.4 is 4.90 Å². The number of hydrogen-bond acceptors (Lipinski definition) is 4. The van der Waals surface area contributed by atoms with Crippen LogP contribution in [0.5, 0.6) is 0 Å². The Morgan fingerprint density at radius 3 is 2.77 bits per heavy atom. The molecule has 2 aliphatic heterocycles. The van der Waals surface area contributed by atoms with E-state index in [2.05, 4.69) is 17.2 Å². The highest BCUT2D eigenvalue weighted by atomic mass is 16.2. The number of carbonyl (C=O) groups excluding carboxylic acids is 2. The number of rotatable bonds is 3. The van der Waals surface area contributed by atoms with Crippen LogP contribution in [0.2, 0.25) is 0 Å². The highest BCUT2D eigenvalue weighted by molar-refractivity contribution is 6.00. The molecule has 0 aliphatic carbocycles. The van der Waals surface area contributed by atoms with Gasteiger partial charge in [-0.2, -0.15) is 0 Å². The van der Waals surface area contributed by atoms with Crippen molar-refractivity contribution >= 4 is 17.5 Å². The Morgan fingerprint density at radius 1 is 1.19 bits per heavy atom. The summed E-state index contributed by atoms with van der Waals surface area (Å²) in [5.74, 6) is -0.162. The lowest BCUT2D eigenvalue weighted by atomic mass is 10.1. The first-order chi connectivity index (χ1) is 12.5. The number of aromatic nitrogens is 3. The van der Waals surface area contributed by atoms with E-state index in [-0.39, 0.29) is 30.2 Å². The molecule has 26 heavy (non-hydrogen) atoms. The van der Waals surface area contributed by atoms with E-state index < -0.39 is 0 Å². The van der Waals surface area contributed by atoms with Crippen LogP contribution in [0.4, 0.5) is 5.69 Å². The number of aryl methyl sites for hydroxylation is 2. The average molecular weight is 353 g/mol. The van der Waals surface area contributed by atoms with Gasteiger partial charge in [-0.3, -0.25) is 9.59 Å². The minimum absolute atomic E-state index is 0.0265. The highest BCUT2D eigenvalue weighted by Crippen LogP contribution is 2.30. The summed E-state index contributed by atoms with van der Waals surface area (Å²) in [6.45, 7) is 5.89. The Hall–Kier alpha value is -2.70. The van der Waals surface area contributed by atoms with Crippen molar-refractivity contribution in [2.75, 3.05) is 24.5 Å². The molecule has 0 spiro atoms. The SMILES string of the molecule is Cc1ccc(N2CC(C(=O)N3CCC(n4ccnn4)C3)CC2=O)cc1C. The van der Waals surface area contributed by atoms with Gasteiger partial charge < -0.3 is 9.80 Å². The van der Waals surface area contributed by atoms with Crippen molar-refractivity contribution in [1.29, 1.82) is 0 Å². The van der Waals surface area contributed by atoms with Gasteiger partial charge >= 0.3 is 0 Å². The zero-order valence-electron chi connectivity index (χ0n) is 15.1. The largest absolute Gasteiger partial charge is 0.340 e. The predicted octanol–water partition coefficient (Wildman–Crippen LogP) is 1.72. The van der Waals surface area contributed by atoms with Crippen LogP contribution in [0, 0.1) is 19.8 Å². The average Bonchev–Trinajstić information content (AvgIpc) is 3.36. The van der Waals surface area contributed by atoms with Gasteiger partial charge in [0.1, 0.15) is 0 Å². The molecule has 1 aromatic carbocycles. The maximum Gasteiger partial charge on any atom is 0.228 e. The molecule has 2 amide bonds. The van der Waals surface area contributed by atoms with Crippen molar-refractivity contribution in [2.24, 2.45) is 5.92 Å². The normalized spacial score (nSPS) is 23.1. The molecule has 2 atom stereocenters. The lowest BCUT2D eigenvalue weighted by Crippen LogP contribution is -2.36. The third kappa shape index (κ3) is 2.98. The van der Waals surface area contributed by atoms with E-state index >= 15 is 0 Å². The first-order valence-electron chi connectivity index (χ1n) is 9.05. The van der Waals surface area contributed by atoms with Gasteiger partial charge in [0.05, 0.1) is 18.2 Å². The van der Waals surface area contributed by atoms with Crippen molar-refractivity contribution in [3.8, 4) is 0 Å². The summed E-state index contributed by atoms with van der Waals surface area (Å²) in [6, 6.07) is 6.19. The molecule has 7 heteroatoms. The van der Waals surface area contributed by atoms with Gasteiger partial charge in [-0.05, 0) is 43.5 Å². The maximum absolute atomic E-state index is 12.9. The zero-order valence-corrected chi connectivity index (χ0v) is 15.1. The first kappa shape index (κ1) is 16.8. The quantitative estimate of drug-likeness (QED) is 0.842. The molecule has 2 saturated heterocycles. The molecule has 2 aliphatic rings. The summed E-state index contributed by atoms with van der Waals surface area (Å²) in [4.78, 5) is 29.0. The number of carbonyl (C=O) groups is 2. The standard InChI is InChI=1S/C19H23N5O2/c1-13-3-4-16(9-14(13)2)23-11-15(10-18(23)25)19(26)22-7-5-17(12-22)24-8-6-20-21-24/h3-4,6,8-9,15,17H,5,7,10-12H2,1-2H3. The highest BCUT2D eigenvalue weighted by Gasteiger charge is 2.39. The summed E-state index contributed by atoms with van der Waals surface area (Å²) >= 11 is 0. The second-order valence-corrected chi connectivity index (χ2v) is 7.28. The zero-order chi connectivity index (χ0) is 18.3. The van der Waals surface area contributed by atoms with Gasteiger partial charge in [-0.15, -0.1) is 5.10 Å². The number of nitrogens with zero attached hydrogens (tertiary/aromatic N) is 5. The fraction of sp³-hybridized carbons (Fsp3) is 0.474. The monoisotopic (exact) mass is 353 g/mol. The first-order valence-corrected chi connectivity index (χ1v) is 9.05. The second kappa shape index (κ2) is 6.55. The van der Waals surface area contributed by atoms with Gasteiger partial charge in [0.25, 0.3) is 0 Å². The third-order valence-electron chi connectivity index (χ3n) is 5.57. The molecule has 0 N–H and O–H groups in total. The molecule has 7 nitrogen and oxygen atoms in total. The molecular formula is C19H23N5O2. The van der Waals surface area contributed by atoms with Crippen LogP contribution in [-0.4, -0.2) is 51.3 Å². The van der Waals surface area contributed by atoms with Gasteiger partial charge in [0.2, 0.25) is 11.8 Å². The lowest BCUT2D eigenvalue weighted by Gasteiger charge is -2.21.